The van der Waals surface area contributed by atoms with E-state index >= 15 is 0 Å². The SMILES string of the molecule is CCNC(=NCCOCCOC)N1CCc2ccccc2C1.I. The summed E-state index contributed by atoms with van der Waals surface area (Å²) in [5.74, 6) is 0.979. The second kappa shape index (κ2) is 11.6. The highest BCUT2D eigenvalue weighted by Crippen LogP contribution is 2.18. The Morgan fingerprint density at radius 3 is 2.74 bits per heavy atom. The molecule has 1 aliphatic rings. The first-order chi connectivity index (χ1) is 10.8. The molecule has 0 fully saturated rings. The van der Waals surface area contributed by atoms with E-state index in [0.717, 1.165) is 32.0 Å². The molecule has 2 rings (SSSR count). The molecular weight excluding hydrogens is 405 g/mol. The summed E-state index contributed by atoms with van der Waals surface area (Å²) in [5.41, 5.74) is 2.85. The average Bonchev–Trinajstić information content (AvgIpc) is 2.56. The van der Waals surface area contributed by atoms with E-state index in [-0.39, 0.29) is 24.0 Å². The van der Waals surface area contributed by atoms with Gasteiger partial charge in [0.2, 0.25) is 0 Å². The molecule has 0 saturated carbocycles. The van der Waals surface area contributed by atoms with E-state index < -0.39 is 0 Å². The fourth-order valence-corrected chi connectivity index (χ4v) is 2.56. The zero-order valence-electron chi connectivity index (χ0n) is 14.1. The number of rotatable bonds is 7. The minimum absolute atomic E-state index is 0. The number of methoxy groups -OCH3 is 1. The molecule has 0 saturated heterocycles. The predicted octanol–water partition coefficient (Wildman–Crippen LogP) is 2.29. The third kappa shape index (κ3) is 6.64. The normalized spacial score (nSPS) is 14.2. The lowest BCUT2D eigenvalue weighted by molar-refractivity contribution is 0.0747. The maximum Gasteiger partial charge on any atom is 0.194 e. The number of ether oxygens (including phenoxy) is 2. The van der Waals surface area contributed by atoms with Gasteiger partial charge in [-0.1, -0.05) is 24.3 Å². The van der Waals surface area contributed by atoms with Crippen molar-refractivity contribution < 1.29 is 9.47 Å². The van der Waals surface area contributed by atoms with Gasteiger partial charge >= 0.3 is 0 Å². The molecule has 1 heterocycles. The van der Waals surface area contributed by atoms with Gasteiger partial charge in [-0.2, -0.15) is 0 Å². The standard InChI is InChI=1S/C17H27N3O2.HI/c1-3-18-17(19-9-11-22-13-12-21-2)20-10-8-15-6-4-5-7-16(15)14-20;/h4-7H,3,8-14H2,1-2H3,(H,18,19);1H. The smallest absolute Gasteiger partial charge is 0.194 e. The maximum absolute atomic E-state index is 5.47. The van der Waals surface area contributed by atoms with Crippen LogP contribution >= 0.6 is 24.0 Å². The zero-order chi connectivity index (χ0) is 15.6. The summed E-state index contributed by atoms with van der Waals surface area (Å²) in [4.78, 5) is 6.99. The molecule has 5 nitrogen and oxygen atoms in total. The van der Waals surface area contributed by atoms with Crippen molar-refractivity contribution in [2.45, 2.75) is 19.9 Å². The van der Waals surface area contributed by atoms with Crippen LogP contribution in [0.1, 0.15) is 18.1 Å². The third-order valence-electron chi connectivity index (χ3n) is 3.69. The van der Waals surface area contributed by atoms with Crippen molar-refractivity contribution in [1.29, 1.82) is 0 Å². The van der Waals surface area contributed by atoms with Crippen molar-refractivity contribution >= 4 is 29.9 Å². The topological polar surface area (TPSA) is 46.1 Å². The molecule has 0 atom stereocenters. The summed E-state index contributed by atoms with van der Waals surface area (Å²) in [6.45, 7) is 7.46. The minimum atomic E-state index is 0. The van der Waals surface area contributed by atoms with E-state index in [0.29, 0.717) is 26.4 Å². The van der Waals surface area contributed by atoms with Gasteiger partial charge in [0.05, 0.1) is 26.4 Å². The highest BCUT2D eigenvalue weighted by atomic mass is 127. The Morgan fingerprint density at radius 1 is 1.22 bits per heavy atom. The number of hydrogen-bond donors (Lipinski definition) is 1. The van der Waals surface area contributed by atoms with Crippen molar-refractivity contribution in [3.05, 3.63) is 35.4 Å². The Kier molecular flexibility index (Phi) is 10.2. The molecule has 1 aromatic carbocycles. The molecule has 1 N–H and O–H groups in total. The Bertz CT molecular complexity index is 483. The van der Waals surface area contributed by atoms with Gasteiger partial charge in [-0.25, -0.2) is 0 Å². The molecule has 0 aromatic heterocycles. The van der Waals surface area contributed by atoms with Gasteiger partial charge in [-0.15, -0.1) is 24.0 Å². The van der Waals surface area contributed by atoms with Gasteiger partial charge in [-0.3, -0.25) is 4.99 Å². The van der Waals surface area contributed by atoms with E-state index in [1.807, 2.05) is 0 Å². The molecule has 0 spiro atoms. The second-order valence-corrected chi connectivity index (χ2v) is 5.28. The molecule has 1 aliphatic heterocycles. The van der Waals surface area contributed by atoms with Crippen molar-refractivity contribution in [3.63, 3.8) is 0 Å². The largest absolute Gasteiger partial charge is 0.382 e. The molecular formula is C17H28IN3O2. The molecule has 1 aromatic rings. The Morgan fingerprint density at radius 2 is 2.00 bits per heavy atom. The van der Waals surface area contributed by atoms with Crippen molar-refractivity contribution in [2.24, 2.45) is 4.99 Å². The fraction of sp³-hybridized carbons (Fsp3) is 0.588. The van der Waals surface area contributed by atoms with Gasteiger partial charge in [0, 0.05) is 26.7 Å². The Balaban J connectivity index is 0.00000264. The van der Waals surface area contributed by atoms with Crippen molar-refractivity contribution in [2.75, 3.05) is 46.6 Å². The highest BCUT2D eigenvalue weighted by molar-refractivity contribution is 14.0. The summed E-state index contributed by atoms with van der Waals surface area (Å²) >= 11 is 0. The summed E-state index contributed by atoms with van der Waals surface area (Å²) in [5, 5.41) is 3.38. The first kappa shape index (κ1) is 20.2. The van der Waals surface area contributed by atoms with Gasteiger partial charge in [0.25, 0.3) is 0 Å². The van der Waals surface area contributed by atoms with E-state index in [1.54, 1.807) is 7.11 Å². The van der Waals surface area contributed by atoms with E-state index in [9.17, 15) is 0 Å². The Labute approximate surface area is 156 Å². The second-order valence-electron chi connectivity index (χ2n) is 5.28. The van der Waals surface area contributed by atoms with Crippen LogP contribution < -0.4 is 5.32 Å². The number of guanidine groups is 1. The molecule has 0 aliphatic carbocycles. The molecule has 0 amide bonds. The van der Waals surface area contributed by atoms with Crippen LogP contribution in [0.25, 0.3) is 0 Å². The van der Waals surface area contributed by atoms with Crippen LogP contribution in [0.5, 0.6) is 0 Å². The van der Waals surface area contributed by atoms with Gasteiger partial charge in [-0.05, 0) is 24.5 Å². The number of nitrogens with one attached hydrogen (secondary N) is 1. The summed E-state index contributed by atoms with van der Waals surface area (Å²) in [6, 6.07) is 8.65. The Hall–Kier alpha value is -0.860. The summed E-state index contributed by atoms with van der Waals surface area (Å²) < 4.78 is 10.4. The van der Waals surface area contributed by atoms with E-state index in [4.69, 9.17) is 9.47 Å². The molecule has 23 heavy (non-hydrogen) atoms. The number of benzene rings is 1. The molecule has 0 bridgehead atoms. The number of aliphatic imine (C=N–C) groups is 1. The third-order valence-corrected chi connectivity index (χ3v) is 3.69. The van der Waals surface area contributed by atoms with Crippen LogP contribution in [-0.4, -0.2) is 57.4 Å². The number of halogens is 1. The predicted molar refractivity (Wildman–Crippen MR) is 105 cm³/mol. The van der Waals surface area contributed by atoms with Gasteiger partial charge in [0.15, 0.2) is 5.96 Å². The number of nitrogens with zero attached hydrogens (tertiary/aromatic N) is 2. The fourth-order valence-electron chi connectivity index (χ4n) is 2.56. The number of hydrogen-bond acceptors (Lipinski definition) is 3. The van der Waals surface area contributed by atoms with Crippen molar-refractivity contribution in [3.8, 4) is 0 Å². The highest BCUT2D eigenvalue weighted by Gasteiger charge is 2.18. The first-order valence-corrected chi connectivity index (χ1v) is 8.02. The lowest BCUT2D eigenvalue weighted by atomic mass is 10.0. The molecule has 6 heteroatoms. The van der Waals surface area contributed by atoms with Crippen LogP contribution in [-0.2, 0) is 22.4 Å². The monoisotopic (exact) mass is 433 g/mol. The average molecular weight is 433 g/mol. The molecule has 0 radical (unpaired) electrons. The van der Waals surface area contributed by atoms with Crippen molar-refractivity contribution in [1.82, 2.24) is 10.2 Å². The van der Waals surface area contributed by atoms with E-state index in [1.165, 1.54) is 11.1 Å². The minimum Gasteiger partial charge on any atom is -0.382 e. The van der Waals surface area contributed by atoms with Crippen LogP contribution in [0, 0.1) is 0 Å². The molecule has 130 valence electrons. The van der Waals surface area contributed by atoms with Crippen LogP contribution in [0.2, 0.25) is 0 Å². The van der Waals surface area contributed by atoms with E-state index in [2.05, 4.69) is 46.4 Å². The van der Waals surface area contributed by atoms with Crippen LogP contribution in [0.15, 0.2) is 29.3 Å². The zero-order valence-corrected chi connectivity index (χ0v) is 16.4. The lowest BCUT2D eigenvalue weighted by Gasteiger charge is -2.31. The summed E-state index contributed by atoms with van der Waals surface area (Å²) in [7, 11) is 1.68. The first-order valence-electron chi connectivity index (χ1n) is 8.02. The molecule has 0 unspecified atom stereocenters. The van der Waals surface area contributed by atoms with Crippen LogP contribution in [0.4, 0.5) is 0 Å². The lowest BCUT2D eigenvalue weighted by Crippen LogP contribution is -2.44. The van der Waals surface area contributed by atoms with Gasteiger partial charge < -0.3 is 19.7 Å². The number of fused-ring (bicyclic) bond motifs is 1. The van der Waals surface area contributed by atoms with Gasteiger partial charge in [0.1, 0.15) is 0 Å². The quantitative estimate of drug-likeness (QED) is 0.310. The summed E-state index contributed by atoms with van der Waals surface area (Å²) in [6.07, 6.45) is 1.07. The maximum atomic E-state index is 5.47. The van der Waals surface area contributed by atoms with Crippen LogP contribution in [0.3, 0.4) is 0 Å².